The fraction of sp³-hybridized carbons (Fsp3) is 0.125. The number of nitrogens with zero attached hydrogens (tertiary/aromatic N) is 2. The minimum atomic E-state index is -0.533. The molecule has 2 heterocycles. The molecule has 1 aliphatic rings. The van der Waals surface area contributed by atoms with Crippen molar-refractivity contribution in [3.63, 3.8) is 0 Å². The van der Waals surface area contributed by atoms with Crippen LogP contribution in [0.15, 0.2) is 42.9 Å². The van der Waals surface area contributed by atoms with Crippen molar-refractivity contribution in [2.45, 2.75) is 6.42 Å². The van der Waals surface area contributed by atoms with E-state index in [1.165, 1.54) is 24.7 Å². The van der Waals surface area contributed by atoms with Crippen molar-refractivity contribution in [2.24, 2.45) is 0 Å². The molecule has 0 spiro atoms. The summed E-state index contributed by atoms with van der Waals surface area (Å²) in [6, 6.07) is 5.73. The number of carbonyl (C=O) groups excluding carboxylic acids is 2. The molecule has 0 bridgehead atoms. The first-order valence-electron chi connectivity index (χ1n) is 7.02. The number of benzene rings is 1. The first-order chi connectivity index (χ1) is 11.2. The van der Waals surface area contributed by atoms with E-state index in [1.807, 2.05) is 18.2 Å². The molecule has 0 atom stereocenters. The summed E-state index contributed by atoms with van der Waals surface area (Å²) in [5.74, 6) is -0.0867. The molecule has 7 heteroatoms. The van der Waals surface area contributed by atoms with Gasteiger partial charge in [-0.15, -0.1) is 0 Å². The van der Waals surface area contributed by atoms with Gasteiger partial charge in [-0.3, -0.25) is 25.4 Å². The van der Waals surface area contributed by atoms with Crippen molar-refractivity contribution in [3.8, 4) is 5.75 Å². The van der Waals surface area contributed by atoms with Crippen LogP contribution in [0.2, 0.25) is 0 Å². The number of rotatable bonds is 3. The number of nitrogens with one attached hydrogen (secondary N) is 2. The molecule has 1 aromatic carbocycles. The molecule has 2 N–H and O–H groups in total. The lowest BCUT2D eigenvalue weighted by atomic mass is 10.1. The van der Waals surface area contributed by atoms with E-state index in [4.69, 9.17) is 4.74 Å². The summed E-state index contributed by atoms with van der Waals surface area (Å²) < 4.78 is 5.42. The van der Waals surface area contributed by atoms with Gasteiger partial charge in [-0.25, -0.2) is 4.98 Å². The molecule has 1 aromatic heterocycles. The Morgan fingerprint density at radius 1 is 1.22 bits per heavy atom. The number of amides is 2. The van der Waals surface area contributed by atoms with Crippen LogP contribution < -0.4 is 15.6 Å². The first-order valence-corrected chi connectivity index (χ1v) is 7.02. The van der Waals surface area contributed by atoms with Crippen LogP contribution in [0.4, 0.5) is 0 Å². The predicted octanol–water partition coefficient (Wildman–Crippen LogP) is 0.886. The van der Waals surface area contributed by atoms with Crippen LogP contribution in [0, 0.1) is 0 Å². The van der Waals surface area contributed by atoms with Gasteiger partial charge in [0, 0.05) is 24.9 Å². The van der Waals surface area contributed by atoms with Crippen LogP contribution in [0.5, 0.6) is 5.75 Å². The van der Waals surface area contributed by atoms with Gasteiger partial charge in [-0.1, -0.05) is 6.07 Å². The van der Waals surface area contributed by atoms with Gasteiger partial charge in [0.25, 0.3) is 11.8 Å². The van der Waals surface area contributed by atoms with Gasteiger partial charge in [0.1, 0.15) is 11.4 Å². The Bertz CT molecular complexity index is 759. The van der Waals surface area contributed by atoms with Crippen LogP contribution in [-0.4, -0.2) is 28.4 Å². The van der Waals surface area contributed by atoms with Crippen LogP contribution in [0.3, 0.4) is 0 Å². The lowest BCUT2D eigenvalue weighted by Gasteiger charge is -2.04. The standard InChI is InChI=1S/C16H14N4O3/c21-15(19-20-16(22)13-10-17-6-7-18-13)4-2-11-1-3-14-12(9-11)5-8-23-14/h1-4,6-7,9-10H,5,8H2,(H,19,21)(H,20,22)/b4-2-. The average Bonchev–Trinajstić information content (AvgIpc) is 3.06. The SMILES string of the molecule is O=C(/C=C\c1ccc2c(c1)CCO2)NNC(=O)c1cnccn1. The predicted molar refractivity (Wildman–Crippen MR) is 82.3 cm³/mol. The van der Waals surface area contributed by atoms with E-state index in [9.17, 15) is 9.59 Å². The van der Waals surface area contributed by atoms with Gasteiger partial charge >= 0.3 is 0 Å². The molecule has 2 amide bonds. The summed E-state index contributed by atoms with van der Waals surface area (Å²) >= 11 is 0. The lowest BCUT2D eigenvalue weighted by molar-refractivity contribution is -0.117. The number of carbonyl (C=O) groups is 2. The van der Waals surface area contributed by atoms with Gasteiger partial charge in [-0.05, 0) is 29.3 Å². The number of hydrazine groups is 1. The Kier molecular flexibility index (Phi) is 4.28. The van der Waals surface area contributed by atoms with Crippen LogP contribution >= 0.6 is 0 Å². The molecule has 0 aliphatic carbocycles. The monoisotopic (exact) mass is 310 g/mol. The summed E-state index contributed by atoms with van der Waals surface area (Å²) in [4.78, 5) is 31.0. The number of fused-ring (bicyclic) bond motifs is 1. The average molecular weight is 310 g/mol. The molecule has 0 saturated heterocycles. The van der Waals surface area contributed by atoms with E-state index in [2.05, 4.69) is 20.8 Å². The van der Waals surface area contributed by atoms with Crippen LogP contribution in [0.25, 0.3) is 6.08 Å². The number of aromatic nitrogens is 2. The Hall–Kier alpha value is -3.22. The maximum Gasteiger partial charge on any atom is 0.289 e. The summed E-state index contributed by atoms with van der Waals surface area (Å²) in [6.45, 7) is 0.692. The molecule has 0 saturated carbocycles. The third-order valence-corrected chi connectivity index (χ3v) is 3.24. The Morgan fingerprint density at radius 3 is 2.96 bits per heavy atom. The fourth-order valence-corrected chi connectivity index (χ4v) is 2.12. The highest BCUT2D eigenvalue weighted by Gasteiger charge is 2.11. The third-order valence-electron chi connectivity index (χ3n) is 3.24. The quantitative estimate of drug-likeness (QED) is 0.648. The molecule has 2 aromatic rings. The lowest BCUT2D eigenvalue weighted by Crippen LogP contribution is -2.41. The Morgan fingerprint density at radius 2 is 2.13 bits per heavy atom. The molecule has 1 aliphatic heterocycles. The number of hydrogen-bond acceptors (Lipinski definition) is 5. The van der Waals surface area contributed by atoms with Gasteiger partial charge in [-0.2, -0.15) is 0 Å². The van der Waals surface area contributed by atoms with Crippen molar-refractivity contribution in [1.29, 1.82) is 0 Å². The van der Waals surface area contributed by atoms with Crippen LogP contribution in [-0.2, 0) is 11.2 Å². The maximum absolute atomic E-state index is 11.7. The topological polar surface area (TPSA) is 93.2 Å². The largest absolute Gasteiger partial charge is 0.493 e. The maximum atomic E-state index is 11.7. The second kappa shape index (κ2) is 6.69. The minimum absolute atomic E-state index is 0.121. The van der Waals surface area contributed by atoms with Gasteiger partial charge in [0.2, 0.25) is 0 Å². The highest BCUT2D eigenvalue weighted by Crippen LogP contribution is 2.26. The van der Waals surface area contributed by atoms with Crippen LogP contribution in [0.1, 0.15) is 21.6 Å². The molecule has 0 radical (unpaired) electrons. The minimum Gasteiger partial charge on any atom is -0.493 e. The third kappa shape index (κ3) is 3.70. The molecule has 23 heavy (non-hydrogen) atoms. The second-order valence-electron chi connectivity index (χ2n) is 4.83. The van der Waals surface area contributed by atoms with E-state index in [0.717, 1.165) is 23.3 Å². The van der Waals surface area contributed by atoms with Crippen molar-refractivity contribution in [1.82, 2.24) is 20.8 Å². The zero-order valence-corrected chi connectivity index (χ0v) is 12.2. The smallest absolute Gasteiger partial charge is 0.289 e. The number of ether oxygens (including phenoxy) is 1. The summed E-state index contributed by atoms with van der Waals surface area (Å²) in [5, 5.41) is 0. The molecule has 0 fully saturated rings. The van der Waals surface area contributed by atoms with E-state index >= 15 is 0 Å². The molecule has 3 rings (SSSR count). The zero-order chi connectivity index (χ0) is 16.1. The molecular formula is C16H14N4O3. The second-order valence-corrected chi connectivity index (χ2v) is 4.83. The Labute approximate surface area is 132 Å². The molecule has 0 unspecified atom stereocenters. The highest BCUT2D eigenvalue weighted by atomic mass is 16.5. The Balaban J connectivity index is 1.54. The van der Waals surface area contributed by atoms with E-state index in [-0.39, 0.29) is 5.69 Å². The normalized spacial score (nSPS) is 12.5. The summed E-state index contributed by atoms with van der Waals surface area (Å²) in [7, 11) is 0. The molecule has 7 nitrogen and oxygen atoms in total. The van der Waals surface area contributed by atoms with Crippen molar-refractivity contribution in [2.75, 3.05) is 6.61 Å². The fourth-order valence-electron chi connectivity index (χ4n) is 2.12. The van der Waals surface area contributed by atoms with E-state index in [0.29, 0.717) is 6.61 Å². The summed E-state index contributed by atoms with van der Waals surface area (Å²) in [5.41, 5.74) is 6.69. The van der Waals surface area contributed by atoms with E-state index < -0.39 is 11.8 Å². The zero-order valence-electron chi connectivity index (χ0n) is 12.2. The van der Waals surface area contributed by atoms with Crippen molar-refractivity contribution in [3.05, 3.63) is 59.7 Å². The van der Waals surface area contributed by atoms with Crippen molar-refractivity contribution >= 4 is 17.9 Å². The number of hydrogen-bond donors (Lipinski definition) is 2. The van der Waals surface area contributed by atoms with E-state index in [1.54, 1.807) is 6.08 Å². The van der Waals surface area contributed by atoms with Crippen molar-refractivity contribution < 1.29 is 14.3 Å². The van der Waals surface area contributed by atoms with Gasteiger partial charge in [0.05, 0.1) is 12.8 Å². The highest BCUT2D eigenvalue weighted by molar-refractivity contribution is 5.96. The first kappa shape index (κ1) is 14.7. The summed E-state index contributed by atoms with van der Waals surface area (Å²) in [6.07, 6.45) is 8.05. The van der Waals surface area contributed by atoms with Gasteiger partial charge in [0.15, 0.2) is 0 Å². The van der Waals surface area contributed by atoms with Gasteiger partial charge < -0.3 is 4.74 Å². The molecular weight excluding hydrogens is 296 g/mol. The molecule has 116 valence electrons.